The highest BCUT2D eigenvalue weighted by Crippen LogP contribution is 2.32. The van der Waals surface area contributed by atoms with Crippen molar-refractivity contribution in [1.82, 2.24) is 15.5 Å². The molecule has 1 aromatic carbocycles. The predicted octanol–water partition coefficient (Wildman–Crippen LogP) is 3.08. The molecule has 1 unspecified atom stereocenters. The van der Waals surface area contributed by atoms with Crippen LogP contribution in [-0.4, -0.2) is 57.3 Å². The average molecular weight is 398 g/mol. The van der Waals surface area contributed by atoms with Crippen LogP contribution in [0.15, 0.2) is 23.2 Å². The zero-order valence-corrected chi connectivity index (χ0v) is 17.0. The van der Waals surface area contributed by atoms with Gasteiger partial charge in [0.2, 0.25) is 0 Å². The molecule has 8 heteroatoms. The quantitative estimate of drug-likeness (QED) is 0.469. The summed E-state index contributed by atoms with van der Waals surface area (Å²) in [6.45, 7) is 5.98. The van der Waals surface area contributed by atoms with Gasteiger partial charge in [-0.2, -0.15) is 8.78 Å². The van der Waals surface area contributed by atoms with E-state index in [0.717, 1.165) is 26.2 Å². The van der Waals surface area contributed by atoms with E-state index < -0.39 is 6.61 Å². The zero-order chi connectivity index (χ0) is 20.4. The largest absolute Gasteiger partial charge is 0.490 e. The first-order chi connectivity index (χ1) is 13.6. The lowest BCUT2D eigenvalue weighted by Crippen LogP contribution is -2.40. The highest BCUT2D eigenvalue weighted by atomic mass is 19.3. The number of hydrogen-bond donors (Lipinski definition) is 2. The number of para-hydroxylation sites is 1. The monoisotopic (exact) mass is 398 g/mol. The van der Waals surface area contributed by atoms with Gasteiger partial charge in [-0.25, -0.2) is 0 Å². The Morgan fingerprint density at radius 3 is 2.82 bits per heavy atom. The minimum Gasteiger partial charge on any atom is -0.490 e. The van der Waals surface area contributed by atoms with Gasteiger partial charge in [0, 0.05) is 32.2 Å². The fraction of sp³-hybridized carbons (Fsp3) is 0.650. The Hall–Kier alpha value is -2.09. The molecule has 2 N–H and O–H groups in total. The van der Waals surface area contributed by atoms with Crippen molar-refractivity contribution in [3.63, 3.8) is 0 Å². The van der Waals surface area contributed by atoms with Gasteiger partial charge in [0.25, 0.3) is 0 Å². The second-order valence-corrected chi connectivity index (χ2v) is 6.82. The number of rotatable bonds is 10. The van der Waals surface area contributed by atoms with Gasteiger partial charge >= 0.3 is 6.61 Å². The number of nitrogens with zero attached hydrogens (tertiary/aromatic N) is 2. The van der Waals surface area contributed by atoms with Crippen LogP contribution in [0.5, 0.6) is 11.5 Å². The molecule has 1 atom stereocenters. The molecule has 28 heavy (non-hydrogen) atoms. The molecule has 0 spiro atoms. The summed E-state index contributed by atoms with van der Waals surface area (Å²) in [6.07, 6.45) is 2.35. The zero-order valence-electron chi connectivity index (χ0n) is 17.0. The Balaban J connectivity index is 1.91. The smallest absolute Gasteiger partial charge is 0.387 e. The van der Waals surface area contributed by atoms with E-state index in [1.165, 1.54) is 12.8 Å². The van der Waals surface area contributed by atoms with Gasteiger partial charge in [-0.3, -0.25) is 4.99 Å². The van der Waals surface area contributed by atoms with Gasteiger partial charge in [-0.15, -0.1) is 0 Å². The van der Waals surface area contributed by atoms with E-state index in [0.29, 0.717) is 36.3 Å². The Kier molecular flexibility index (Phi) is 9.27. The lowest BCUT2D eigenvalue weighted by molar-refractivity contribution is -0.0520. The molecule has 1 heterocycles. The Morgan fingerprint density at radius 1 is 1.32 bits per heavy atom. The van der Waals surface area contributed by atoms with Crippen LogP contribution in [0, 0.1) is 5.92 Å². The van der Waals surface area contributed by atoms with Crippen LogP contribution in [0.25, 0.3) is 0 Å². The van der Waals surface area contributed by atoms with Gasteiger partial charge in [0.15, 0.2) is 17.5 Å². The first-order valence-corrected chi connectivity index (χ1v) is 9.93. The predicted molar refractivity (Wildman–Crippen MR) is 107 cm³/mol. The topological polar surface area (TPSA) is 58.1 Å². The summed E-state index contributed by atoms with van der Waals surface area (Å²) in [7, 11) is 1.69. The lowest BCUT2D eigenvalue weighted by atomic mass is 10.1. The van der Waals surface area contributed by atoms with Crippen molar-refractivity contribution in [3.05, 3.63) is 23.8 Å². The lowest BCUT2D eigenvalue weighted by Gasteiger charge is -2.18. The molecule has 6 nitrogen and oxygen atoms in total. The maximum atomic E-state index is 12.8. The summed E-state index contributed by atoms with van der Waals surface area (Å²) in [6, 6.07) is 5.12. The third-order valence-corrected chi connectivity index (χ3v) is 4.71. The van der Waals surface area contributed by atoms with Crippen LogP contribution >= 0.6 is 0 Å². The third kappa shape index (κ3) is 6.82. The molecular formula is C20H32F2N4O2. The van der Waals surface area contributed by atoms with E-state index in [-0.39, 0.29) is 5.75 Å². The van der Waals surface area contributed by atoms with E-state index in [9.17, 15) is 8.78 Å². The van der Waals surface area contributed by atoms with Crippen LogP contribution in [0.4, 0.5) is 8.78 Å². The Labute approximate surface area is 166 Å². The molecule has 0 amide bonds. The van der Waals surface area contributed by atoms with Crippen LogP contribution in [0.3, 0.4) is 0 Å². The standard InChI is InChI=1S/C20H32F2N4O2/c1-4-10-26-11-9-15(14-26)12-24-20(23-3)25-13-16-7-6-8-17(27-5-2)18(16)28-19(21)22/h6-8,15,19H,4-5,9-14H2,1-3H3,(H2,23,24,25). The fourth-order valence-corrected chi connectivity index (χ4v) is 3.43. The molecule has 0 aromatic heterocycles. The number of benzene rings is 1. The van der Waals surface area contributed by atoms with Crippen molar-refractivity contribution in [3.8, 4) is 11.5 Å². The van der Waals surface area contributed by atoms with Crippen molar-refractivity contribution in [1.29, 1.82) is 0 Å². The van der Waals surface area contributed by atoms with Gasteiger partial charge < -0.3 is 25.0 Å². The molecule has 0 aliphatic carbocycles. The van der Waals surface area contributed by atoms with E-state index in [4.69, 9.17) is 9.47 Å². The van der Waals surface area contributed by atoms with Crippen molar-refractivity contribution < 1.29 is 18.3 Å². The van der Waals surface area contributed by atoms with Crippen molar-refractivity contribution >= 4 is 5.96 Å². The second-order valence-electron chi connectivity index (χ2n) is 6.82. The van der Waals surface area contributed by atoms with Crippen molar-refractivity contribution in [2.75, 3.05) is 39.8 Å². The van der Waals surface area contributed by atoms with Gasteiger partial charge in [0.05, 0.1) is 6.61 Å². The molecular weight excluding hydrogens is 366 g/mol. The minimum atomic E-state index is -2.91. The SMILES string of the molecule is CCCN1CCC(CNC(=NC)NCc2cccc(OCC)c2OC(F)F)C1. The highest BCUT2D eigenvalue weighted by molar-refractivity contribution is 5.79. The summed E-state index contributed by atoms with van der Waals surface area (Å²) in [5.41, 5.74) is 0.587. The third-order valence-electron chi connectivity index (χ3n) is 4.71. The number of halogens is 2. The molecule has 0 radical (unpaired) electrons. The van der Waals surface area contributed by atoms with E-state index >= 15 is 0 Å². The number of hydrogen-bond acceptors (Lipinski definition) is 4. The summed E-state index contributed by atoms with van der Waals surface area (Å²) in [5, 5.41) is 6.51. The molecule has 1 saturated heterocycles. The summed E-state index contributed by atoms with van der Waals surface area (Å²) in [4.78, 5) is 6.71. The Morgan fingerprint density at radius 2 is 2.14 bits per heavy atom. The normalized spacial score (nSPS) is 17.8. The number of likely N-dealkylation sites (tertiary alicyclic amines) is 1. The van der Waals surface area contributed by atoms with Gasteiger partial charge in [-0.1, -0.05) is 19.1 Å². The maximum absolute atomic E-state index is 12.8. The highest BCUT2D eigenvalue weighted by Gasteiger charge is 2.22. The molecule has 0 saturated carbocycles. The number of aliphatic imine (C=N–C) groups is 1. The summed E-state index contributed by atoms with van der Waals surface area (Å²) in [5.74, 6) is 1.60. The molecule has 0 bridgehead atoms. The molecule has 158 valence electrons. The number of nitrogens with one attached hydrogen (secondary N) is 2. The van der Waals surface area contributed by atoms with Crippen molar-refractivity contribution in [2.24, 2.45) is 10.9 Å². The van der Waals surface area contributed by atoms with Crippen LogP contribution in [0.2, 0.25) is 0 Å². The van der Waals surface area contributed by atoms with Crippen LogP contribution in [-0.2, 0) is 6.54 Å². The van der Waals surface area contributed by atoms with E-state index in [2.05, 4.69) is 27.4 Å². The molecule has 1 aliphatic rings. The summed E-state index contributed by atoms with van der Waals surface area (Å²) >= 11 is 0. The first kappa shape index (κ1) is 22.2. The van der Waals surface area contributed by atoms with Crippen LogP contribution in [0.1, 0.15) is 32.3 Å². The van der Waals surface area contributed by atoms with E-state index in [1.807, 2.05) is 0 Å². The molecule has 1 aliphatic heterocycles. The number of guanidine groups is 1. The molecule has 1 aromatic rings. The Bertz CT molecular complexity index is 628. The molecule has 1 fully saturated rings. The fourth-order valence-electron chi connectivity index (χ4n) is 3.43. The van der Waals surface area contributed by atoms with Crippen LogP contribution < -0.4 is 20.1 Å². The average Bonchev–Trinajstić information content (AvgIpc) is 3.11. The second kappa shape index (κ2) is 11.7. The minimum absolute atomic E-state index is 0.0632. The molecule has 2 rings (SSSR count). The van der Waals surface area contributed by atoms with Gasteiger partial charge in [0.1, 0.15) is 0 Å². The van der Waals surface area contributed by atoms with Crippen molar-refractivity contribution in [2.45, 2.75) is 39.8 Å². The van der Waals surface area contributed by atoms with E-state index in [1.54, 1.807) is 32.2 Å². The van der Waals surface area contributed by atoms with Gasteiger partial charge in [-0.05, 0) is 44.8 Å². The summed E-state index contributed by atoms with van der Waals surface area (Å²) < 4.78 is 35.8. The maximum Gasteiger partial charge on any atom is 0.387 e. The first-order valence-electron chi connectivity index (χ1n) is 9.93. The number of alkyl halides is 2. The number of ether oxygens (including phenoxy) is 2.